The van der Waals surface area contributed by atoms with Gasteiger partial charge in [-0.05, 0) is 70.8 Å². The van der Waals surface area contributed by atoms with Crippen LogP contribution in [-0.4, -0.2) is 48.1 Å². The normalized spacial score (nSPS) is 12.0. The van der Waals surface area contributed by atoms with Crippen LogP contribution in [0.2, 0.25) is 10.0 Å². The number of nitrogens with zero attached hydrogens (tertiary/aromatic N) is 2. The molecule has 2 N–H and O–H groups in total. The number of aromatic nitrogens is 2. The molecule has 0 aliphatic carbocycles. The van der Waals surface area contributed by atoms with Gasteiger partial charge >= 0.3 is 12.1 Å². The predicted molar refractivity (Wildman–Crippen MR) is 181 cm³/mol. The van der Waals surface area contributed by atoms with Gasteiger partial charge < -0.3 is 14.4 Å². The Morgan fingerprint density at radius 1 is 0.958 bits per heavy atom. The van der Waals surface area contributed by atoms with Crippen molar-refractivity contribution in [2.45, 2.75) is 12.7 Å². The topological polar surface area (TPSA) is 111 Å². The van der Waals surface area contributed by atoms with Crippen LogP contribution in [0.25, 0.3) is 34.5 Å². The van der Waals surface area contributed by atoms with Crippen LogP contribution >= 0.6 is 23.2 Å². The van der Waals surface area contributed by atoms with Crippen molar-refractivity contribution in [1.29, 1.82) is 0 Å². The number of anilines is 1. The molecule has 4 aromatic carbocycles. The molecule has 0 spiro atoms. The van der Waals surface area contributed by atoms with Crippen LogP contribution in [0.5, 0.6) is 5.75 Å². The smallest absolute Gasteiger partial charge is 0.404 e. The third-order valence-corrected chi connectivity index (χ3v) is 8.84. The second kappa shape index (κ2) is 14.1. The second-order valence-corrected chi connectivity index (χ2v) is 13.2. The highest BCUT2D eigenvalue weighted by molar-refractivity contribution is 7.92. The Morgan fingerprint density at radius 2 is 1.65 bits per heavy atom. The van der Waals surface area contributed by atoms with Gasteiger partial charge in [0.2, 0.25) is 10.0 Å². The summed E-state index contributed by atoms with van der Waals surface area (Å²) < 4.78 is 71.5. The van der Waals surface area contributed by atoms with E-state index in [1.807, 2.05) is 39.8 Å². The SMILES string of the molecule is COc1ccc(-c2ccc(/C=C/c3nc(-c4ccc(Cl)cc4Cl)cn3Cc3ccc(C(=O)O)cc3)cc2)cc1NS(=O)(=O)CC(F)(F)F. The number of sulfonamides is 1. The van der Waals surface area contributed by atoms with Crippen molar-refractivity contribution in [3.8, 4) is 28.1 Å². The fourth-order valence-corrected chi connectivity index (χ4v) is 6.31. The van der Waals surface area contributed by atoms with Crippen molar-refractivity contribution in [1.82, 2.24) is 9.55 Å². The molecule has 0 aliphatic rings. The average Bonchev–Trinajstić information content (AvgIpc) is 3.41. The van der Waals surface area contributed by atoms with Crippen LogP contribution in [0.3, 0.4) is 0 Å². The van der Waals surface area contributed by atoms with Gasteiger partial charge in [0.15, 0.2) is 5.75 Å². The third kappa shape index (κ3) is 8.77. The molecule has 8 nitrogen and oxygen atoms in total. The zero-order valence-corrected chi connectivity index (χ0v) is 27.3. The molecule has 5 rings (SSSR count). The summed E-state index contributed by atoms with van der Waals surface area (Å²) in [7, 11) is -3.44. The number of carboxylic acids is 1. The lowest BCUT2D eigenvalue weighted by molar-refractivity contribution is -0.106. The van der Waals surface area contributed by atoms with Crippen molar-refractivity contribution in [2.75, 3.05) is 17.6 Å². The molecular formula is C34H26Cl2F3N3O5S. The van der Waals surface area contributed by atoms with E-state index in [0.29, 0.717) is 44.8 Å². The predicted octanol–water partition coefficient (Wildman–Crippen LogP) is 8.75. The Balaban J connectivity index is 1.41. The maximum atomic E-state index is 12.8. The van der Waals surface area contributed by atoms with Gasteiger partial charge in [-0.2, -0.15) is 13.2 Å². The molecule has 5 aromatic rings. The first-order valence-corrected chi connectivity index (χ1v) is 16.5. The zero-order valence-electron chi connectivity index (χ0n) is 25.0. The van der Waals surface area contributed by atoms with E-state index in [1.165, 1.54) is 31.4 Å². The number of hydrogen-bond acceptors (Lipinski definition) is 5. The number of carbonyl (C=O) groups is 1. The Morgan fingerprint density at radius 3 is 2.27 bits per heavy atom. The Bertz CT molecular complexity index is 2100. The number of benzene rings is 4. The van der Waals surface area contributed by atoms with Gasteiger partial charge in [0.1, 0.15) is 11.6 Å². The fraction of sp³-hybridized carbons (Fsp3) is 0.118. The number of methoxy groups -OCH3 is 1. The van der Waals surface area contributed by atoms with Crippen LogP contribution in [0.4, 0.5) is 18.9 Å². The average molecular weight is 717 g/mol. The Kier molecular flexibility index (Phi) is 10.2. The van der Waals surface area contributed by atoms with Crippen LogP contribution in [0.1, 0.15) is 27.3 Å². The largest absolute Gasteiger partial charge is 0.495 e. The van der Waals surface area contributed by atoms with Crippen molar-refractivity contribution >= 4 is 57.0 Å². The third-order valence-electron chi connectivity index (χ3n) is 7.06. The first-order valence-electron chi connectivity index (χ1n) is 14.1. The van der Waals surface area contributed by atoms with E-state index in [1.54, 1.807) is 48.5 Å². The summed E-state index contributed by atoms with van der Waals surface area (Å²) in [4.78, 5) is 16.1. The van der Waals surface area contributed by atoms with Gasteiger partial charge in [0.25, 0.3) is 0 Å². The summed E-state index contributed by atoms with van der Waals surface area (Å²) in [5.74, 6) is -2.39. The van der Waals surface area contributed by atoms with E-state index in [4.69, 9.17) is 32.9 Å². The van der Waals surface area contributed by atoms with Gasteiger partial charge in [0.05, 0.1) is 29.1 Å². The van der Waals surface area contributed by atoms with Crippen molar-refractivity contribution in [2.24, 2.45) is 0 Å². The first kappa shape index (κ1) is 34.6. The molecule has 1 heterocycles. The van der Waals surface area contributed by atoms with Gasteiger partial charge in [0, 0.05) is 23.3 Å². The van der Waals surface area contributed by atoms with E-state index >= 15 is 0 Å². The summed E-state index contributed by atoms with van der Waals surface area (Å²) in [6.45, 7) is 0.392. The number of alkyl halides is 3. The second-order valence-electron chi connectivity index (χ2n) is 10.6. The van der Waals surface area contributed by atoms with Crippen LogP contribution in [0, 0.1) is 0 Å². The first-order chi connectivity index (χ1) is 22.7. The number of imidazole rings is 1. The summed E-state index contributed by atoms with van der Waals surface area (Å²) in [5.41, 5.74) is 4.21. The monoisotopic (exact) mass is 715 g/mol. The van der Waals surface area contributed by atoms with Gasteiger partial charge in [-0.3, -0.25) is 4.72 Å². The molecule has 0 atom stereocenters. The number of carboxylic acid groups (broad SMARTS) is 1. The fourth-order valence-electron chi connectivity index (χ4n) is 4.81. The van der Waals surface area contributed by atoms with Crippen molar-refractivity contribution < 1.29 is 36.2 Å². The van der Waals surface area contributed by atoms with Crippen LogP contribution in [0.15, 0.2) is 91.1 Å². The summed E-state index contributed by atoms with van der Waals surface area (Å²) in [6, 6.07) is 23.4. The molecule has 0 saturated carbocycles. The maximum absolute atomic E-state index is 12.8. The summed E-state index contributed by atoms with van der Waals surface area (Å²) in [6.07, 6.45) is 0.589. The van der Waals surface area contributed by atoms with Crippen LogP contribution < -0.4 is 9.46 Å². The van der Waals surface area contributed by atoms with Gasteiger partial charge in [-0.1, -0.05) is 71.7 Å². The Hall–Kier alpha value is -4.78. The lowest BCUT2D eigenvalue weighted by Crippen LogP contribution is -2.28. The van der Waals surface area contributed by atoms with Crippen LogP contribution in [-0.2, 0) is 16.6 Å². The minimum atomic E-state index is -4.91. The van der Waals surface area contributed by atoms with Crippen molar-refractivity contribution in [3.05, 3.63) is 124 Å². The molecule has 0 bridgehead atoms. The molecule has 48 heavy (non-hydrogen) atoms. The zero-order chi connectivity index (χ0) is 34.6. The number of ether oxygens (including phenoxy) is 1. The summed E-state index contributed by atoms with van der Waals surface area (Å²) >= 11 is 12.5. The molecule has 0 radical (unpaired) electrons. The van der Waals surface area contributed by atoms with Gasteiger partial charge in [-0.15, -0.1) is 0 Å². The molecule has 248 valence electrons. The highest BCUT2D eigenvalue weighted by Crippen LogP contribution is 2.33. The minimum Gasteiger partial charge on any atom is -0.495 e. The van der Waals surface area contributed by atoms with Crippen molar-refractivity contribution in [3.63, 3.8) is 0 Å². The molecule has 14 heteroatoms. The molecule has 0 saturated heterocycles. The number of hydrogen-bond donors (Lipinski definition) is 2. The molecule has 0 fully saturated rings. The van der Waals surface area contributed by atoms with E-state index in [-0.39, 0.29) is 17.0 Å². The molecule has 1 aromatic heterocycles. The Labute approximate surface area is 284 Å². The maximum Gasteiger partial charge on any atom is 0.404 e. The highest BCUT2D eigenvalue weighted by Gasteiger charge is 2.35. The van der Waals surface area contributed by atoms with E-state index in [2.05, 4.69) is 0 Å². The highest BCUT2D eigenvalue weighted by atomic mass is 35.5. The lowest BCUT2D eigenvalue weighted by Gasteiger charge is -2.14. The standard InChI is InChI=1S/C34H26Cl2F3N3O5S/c1-47-31-14-11-25(16-29(31)41-48(45,46)20-34(37,38)39)23-7-2-21(3-8-23)6-15-32-40-30(27-13-12-26(35)17-28(27)36)19-42(32)18-22-4-9-24(10-5-22)33(43)44/h2-17,19,41H,18,20H2,1H3,(H,43,44)/b15-6+. The lowest BCUT2D eigenvalue weighted by atomic mass is 10.0. The molecule has 0 unspecified atom stereocenters. The van der Waals surface area contributed by atoms with E-state index in [9.17, 15) is 31.5 Å². The summed E-state index contributed by atoms with van der Waals surface area (Å²) in [5, 5.41) is 10.2. The number of nitrogens with one attached hydrogen (secondary N) is 1. The molecular weight excluding hydrogens is 690 g/mol. The number of halogens is 5. The van der Waals surface area contributed by atoms with Gasteiger partial charge in [-0.25, -0.2) is 18.2 Å². The number of rotatable bonds is 11. The quantitative estimate of drug-likeness (QED) is 0.142. The minimum absolute atomic E-state index is 0.0663. The molecule has 0 amide bonds. The van der Waals surface area contributed by atoms with E-state index < -0.39 is 27.9 Å². The number of aromatic carboxylic acids is 1. The van der Waals surface area contributed by atoms with E-state index in [0.717, 1.165) is 11.1 Å². The molecule has 0 aliphatic heterocycles.